The number of anilines is 1. The molecule has 0 saturated heterocycles. The van der Waals surface area contributed by atoms with E-state index in [9.17, 15) is 5.11 Å². The molecule has 6 nitrogen and oxygen atoms in total. The van der Waals surface area contributed by atoms with Gasteiger partial charge in [-0.05, 0) is 54.0 Å². The van der Waals surface area contributed by atoms with Crippen molar-refractivity contribution in [2.24, 2.45) is 4.99 Å². The Morgan fingerprint density at radius 2 is 2.08 bits per heavy atom. The highest BCUT2D eigenvalue weighted by molar-refractivity contribution is 9.10. The van der Waals surface area contributed by atoms with Crippen LogP contribution in [0.15, 0.2) is 57.8 Å². The number of aromatic hydroxyl groups is 1. The minimum Gasteiger partial charge on any atom is -0.507 e. The smallest absolute Gasteiger partial charge is 0.238 e. The van der Waals surface area contributed by atoms with Gasteiger partial charge in [0.05, 0.1) is 10.2 Å². The molecule has 0 bridgehead atoms. The molecule has 1 aliphatic heterocycles. The van der Waals surface area contributed by atoms with Gasteiger partial charge in [-0.2, -0.15) is 0 Å². The number of aromatic nitrogens is 3. The fraction of sp³-hybridized carbons (Fsp3) is 0.105. The van der Waals surface area contributed by atoms with Crippen molar-refractivity contribution in [3.05, 3.63) is 69.6 Å². The molecule has 1 aliphatic rings. The van der Waals surface area contributed by atoms with Gasteiger partial charge in [0, 0.05) is 28.6 Å². The van der Waals surface area contributed by atoms with Crippen molar-refractivity contribution in [3.63, 3.8) is 0 Å². The Labute approximate surface area is 158 Å². The van der Waals surface area contributed by atoms with E-state index in [0.29, 0.717) is 4.47 Å². The van der Waals surface area contributed by atoms with Crippen molar-refractivity contribution < 1.29 is 5.11 Å². The van der Waals surface area contributed by atoms with Crippen LogP contribution >= 0.6 is 15.9 Å². The first-order chi connectivity index (χ1) is 12.5. The second-order valence-corrected chi connectivity index (χ2v) is 6.82. The van der Waals surface area contributed by atoms with Gasteiger partial charge in [0.25, 0.3) is 0 Å². The summed E-state index contributed by atoms with van der Waals surface area (Å²) < 4.78 is 2.35. The van der Waals surface area contributed by atoms with Crippen LogP contribution in [-0.2, 0) is 0 Å². The van der Waals surface area contributed by atoms with Crippen molar-refractivity contribution in [1.29, 1.82) is 0 Å². The van der Waals surface area contributed by atoms with Gasteiger partial charge in [0.2, 0.25) is 5.95 Å². The molecule has 0 aliphatic carbocycles. The first kappa shape index (κ1) is 16.5. The molecule has 0 atom stereocenters. The maximum absolute atomic E-state index is 9.82. The van der Waals surface area contributed by atoms with Gasteiger partial charge in [-0.15, -0.1) is 5.10 Å². The SMILES string of the molecule is C/C=C\C1=C(C)N=C(c2ccc(O)c(Br)c2)c2ccn3nc(N)nc1c23. The Morgan fingerprint density at radius 1 is 1.27 bits per heavy atom. The number of nitrogens with zero attached hydrogens (tertiary/aromatic N) is 4. The minimum atomic E-state index is 0.184. The summed E-state index contributed by atoms with van der Waals surface area (Å²) in [7, 11) is 0. The Bertz CT molecular complexity index is 1140. The standard InChI is InChI=1S/C19H16BrN5O/c1-3-4-12-10(2)22-16(11-5-6-15(26)14(20)9-11)13-7-8-25-18(13)17(12)23-19(21)24-25/h3-9,26H,1-2H3,(H2,21,24)/b4-3-. The summed E-state index contributed by atoms with van der Waals surface area (Å²) in [5, 5.41) is 14.1. The topological polar surface area (TPSA) is 88.8 Å². The zero-order valence-corrected chi connectivity index (χ0v) is 15.8. The molecule has 2 aromatic heterocycles. The van der Waals surface area contributed by atoms with Gasteiger partial charge >= 0.3 is 0 Å². The van der Waals surface area contributed by atoms with E-state index < -0.39 is 0 Å². The first-order valence-corrected chi connectivity index (χ1v) is 8.85. The summed E-state index contributed by atoms with van der Waals surface area (Å²) in [5.41, 5.74) is 11.8. The number of halogens is 1. The summed E-state index contributed by atoms with van der Waals surface area (Å²) in [6.07, 6.45) is 5.78. The van der Waals surface area contributed by atoms with Crippen LogP contribution < -0.4 is 5.73 Å². The number of hydrogen-bond acceptors (Lipinski definition) is 5. The zero-order chi connectivity index (χ0) is 18.4. The minimum absolute atomic E-state index is 0.184. The molecule has 3 N–H and O–H groups in total. The van der Waals surface area contributed by atoms with Crippen molar-refractivity contribution in [3.8, 4) is 5.75 Å². The third-order valence-corrected chi connectivity index (χ3v) is 4.90. The fourth-order valence-corrected chi connectivity index (χ4v) is 3.50. The average molecular weight is 410 g/mol. The second kappa shape index (κ2) is 6.10. The van der Waals surface area contributed by atoms with E-state index in [1.54, 1.807) is 10.6 Å². The van der Waals surface area contributed by atoms with Crippen LogP contribution in [0, 0.1) is 0 Å². The lowest BCUT2D eigenvalue weighted by Crippen LogP contribution is -2.07. The van der Waals surface area contributed by atoms with Crippen LogP contribution in [0.2, 0.25) is 0 Å². The van der Waals surface area contributed by atoms with Crippen LogP contribution in [0.1, 0.15) is 30.7 Å². The van der Waals surface area contributed by atoms with Crippen LogP contribution in [0.5, 0.6) is 5.75 Å². The predicted molar refractivity (Wildman–Crippen MR) is 106 cm³/mol. The number of nitrogen functional groups attached to an aromatic ring is 1. The van der Waals surface area contributed by atoms with Crippen molar-refractivity contribution >= 4 is 38.7 Å². The van der Waals surface area contributed by atoms with Gasteiger partial charge in [0.1, 0.15) is 17.0 Å². The first-order valence-electron chi connectivity index (χ1n) is 8.06. The van der Waals surface area contributed by atoms with Crippen molar-refractivity contribution in [2.45, 2.75) is 13.8 Å². The van der Waals surface area contributed by atoms with E-state index in [-0.39, 0.29) is 11.7 Å². The molecular weight excluding hydrogens is 394 g/mol. The monoisotopic (exact) mass is 409 g/mol. The lowest BCUT2D eigenvalue weighted by atomic mass is 10.0. The molecule has 4 rings (SSSR count). The number of allylic oxidation sites excluding steroid dienone is 4. The molecule has 130 valence electrons. The zero-order valence-electron chi connectivity index (χ0n) is 14.2. The number of phenolic OH excluding ortho intramolecular Hbond substituents is 1. The molecule has 3 heterocycles. The number of hydrogen-bond donors (Lipinski definition) is 2. The summed E-state index contributed by atoms with van der Waals surface area (Å²) in [6.45, 7) is 3.90. The molecule has 0 amide bonds. The van der Waals surface area contributed by atoms with Crippen LogP contribution in [0.4, 0.5) is 5.95 Å². The summed E-state index contributed by atoms with van der Waals surface area (Å²) in [6, 6.07) is 7.29. The number of phenols is 1. The lowest BCUT2D eigenvalue weighted by molar-refractivity contribution is 0.472. The third kappa shape index (κ3) is 2.52. The Kier molecular flexibility index (Phi) is 3.88. The van der Waals surface area contributed by atoms with Gasteiger partial charge in [-0.25, -0.2) is 9.50 Å². The van der Waals surface area contributed by atoms with Gasteiger partial charge in [-0.3, -0.25) is 4.99 Å². The van der Waals surface area contributed by atoms with E-state index in [2.05, 4.69) is 26.0 Å². The third-order valence-electron chi connectivity index (χ3n) is 4.26. The summed E-state index contributed by atoms with van der Waals surface area (Å²) in [5.74, 6) is 0.392. The van der Waals surface area contributed by atoms with Crippen LogP contribution in [0.25, 0.3) is 11.1 Å². The van der Waals surface area contributed by atoms with Crippen molar-refractivity contribution in [1.82, 2.24) is 14.6 Å². The molecule has 3 aromatic rings. The molecule has 0 unspecified atom stereocenters. The number of benzene rings is 1. The van der Waals surface area contributed by atoms with Crippen molar-refractivity contribution in [2.75, 3.05) is 5.73 Å². The van der Waals surface area contributed by atoms with Crippen LogP contribution in [-0.4, -0.2) is 25.4 Å². The maximum atomic E-state index is 9.82. The van der Waals surface area contributed by atoms with E-state index in [4.69, 9.17) is 10.7 Å². The highest BCUT2D eigenvalue weighted by Gasteiger charge is 2.23. The number of aliphatic imine (C=N–C) groups is 1. The Hall–Kier alpha value is -2.93. The molecule has 0 radical (unpaired) electrons. The maximum Gasteiger partial charge on any atom is 0.238 e. The normalized spacial score (nSPS) is 14.2. The fourth-order valence-electron chi connectivity index (χ4n) is 3.12. The quantitative estimate of drug-likeness (QED) is 0.670. The van der Waals surface area contributed by atoms with Gasteiger partial charge < -0.3 is 10.8 Å². The average Bonchev–Trinajstić information content (AvgIpc) is 2.98. The molecule has 26 heavy (non-hydrogen) atoms. The van der Waals surface area contributed by atoms with E-state index in [1.807, 2.05) is 50.4 Å². The summed E-state index contributed by atoms with van der Waals surface area (Å²) in [4.78, 5) is 9.37. The highest BCUT2D eigenvalue weighted by atomic mass is 79.9. The predicted octanol–water partition coefficient (Wildman–Crippen LogP) is 3.94. The lowest BCUT2D eigenvalue weighted by Gasteiger charge is -2.07. The molecule has 7 heteroatoms. The molecular formula is C19H16BrN5O. The largest absolute Gasteiger partial charge is 0.507 e. The number of rotatable bonds is 2. The number of nitrogens with two attached hydrogens (primary N) is 1. The van der Waals surface area contributed by atoms with E-state index >= 15 is 0 Å². The van der Waals surface area contributed by atoms with Crippen LogP contribution in [0.3, 0.4) is 0 Å². The summed E-state index contributed by atoms with van der Waals surface area (Å²) >= 11 is 3.38. The van der Waals surface area contributed by atoms with E-state index in [1.165, 1.54) is 0 Å². The molecule has 1 aromatic carbocycles. The van der Waals surface area contributed by atoms with E-state index in [0.717, 1.165) is 39.3 Å². The highest BCUT2D eigenvalue weighted by Crippen LogP contribution is 2.33. The van der Waals surface area contributed by atoms with Gasteiger partial charge in [-0.1, -0.05) is 12.2 Å². The Balaban J connectivity index is 2.09. The molecule has 0 saturated carbocycles. The van der Waals surface area contributed by atoms with Gasteiger partial charge in [0.15, 0.2) is 0 Å². The molecule has 0 spiro atoms. The Morgan fingerprint density at radius 3 is 2.81 bits per heavy atom. The molecule has 0 fully saturated rings. The second-order valence-electron chi connectivity index (χ2n) is 5.97.